The molecule has 0 saturated carbocycles. The highest BCUT2D eigenvalue weighted by molar-refractivity contribution is 7.89. The largest absolute Gasteiger partial charge is 0.319 e. The molecule has 1 aliphatic rings. The standard InChI is InChI=1S/C15H24N2O2S/c1-12-7-13(2)9-15(8-12)20(18,19)17-6-4-5-14(11-17)10-16-3/h7-9,14,16H,4-6,10-11H2,1-3H3. The molecule has 1 atom stereocenters. The van der Waals surface area contributed by atoms with Crippen LogP contribution >= 0.6 is 0 Å². The van der Waals surface area contributed by atoms with Crippen LogP contribution in [0.15, 0.2) is 23.1 Å². The van der Waals surface area contributed by atoms with Crippen molar-refractivity contribution in [1.82, 2.24) is 9.62 Å². The Morgan fingerprint density at radius 3 is 2.50 bits per heavy atom. The SMILES string of the molecule is CNCC1CCCN(S(=O)(=O)c2cc(C)cc(C)c2)C1. The normalized spacial score (nSPS) is 21.1. The van der Waals surface area contributed by atoms with Gasteiger partial charge in [-0.15, -0.1) is 0 Å². The number of nitrogens with one attached hydrogen (secondary N) is 1. The molecule has 0 radical (unpaired) electrons. The Hall–Kier alpha value is -0.910. The van der Waals surface area contributed by atoms with Crippen molar-refractivity contribution in [2.24, 2.45) is 5.92 Å². The molecular weight excluding hydrogens is 272 g/mol. The van der Waals surface area contributed by atoms with E-state index in [2.05, 4.69) is 5.32 Å². The van der Waals surface area contributed by atoms with Crippen LogP contribution in [-0.4, -0.2) is 39.4 Å². The van der Waals surface area contributed by atoms with Crippen molar-refractivity contribution in [3.63, 3.8) is 0 Å². The van der Waals surface area contributed by atoms with E-state index in [4.69, 9.17) is 0 Å². The van der Waals surface area contributed by atoms with E-state index < -0.39 is 10.0 Å². The maximum atomic E-state index is 12.7. The number of aryl methyl sites for hydroxylation is 2. The molecule has 5 heteroatoms. The van der Waals surface area contributed by atoms with Crippen LogP contribution in [0.3, 0.4) is 0 Å². The van der Waals surface area contributed by atoms with E-state index in [-0.39, 0.29) is 0 Å². The summed E-state index contributed by atoms with van der Waals surface area (Å²) in [7, 11) is -1.44. The second-order valence-corrected chi connectivity index (χ2v) is 7.69. The Balaban J connectivity index is 2.25. The van der Waals surface area contributed by atoms with Gasteiger partial charge in [0, 0.05) is 13.1 Å². The third kappa shape index (κ3) is 3.40. The maximum absolute atomic E-state index is 12.7. The lowest BCUT2D eigenvalue weighted by Gasteiger charge is -2.32. The number of rotatable bonds is 4. The molecule has 0 spiro atoms. The summed E-state index contributed by atoms with van der Waals surface area (Å²) in [5.41, 5.74) is 1.99. The number of hydrogen-bond donors (Lipinski definition) is 1. The predicted molar refractivity (Wildman–Crippen MR) is 81.3 cm³/mol. The average molecular weight is 296 g/mol. The Kier molecular flexibility index (Phi) is 4.83. The molecule has 1 aromatic rings. The molecule has 1 heterocycles. The lowest BCUT2D eigenvalue weighted by molar-refractivity contribution is 0.263. The fraction of sp³-hybridized carbons (Fsp3) is 0.600. The minimum Gasteiger partial charge on any atom is -0.319 e. The lowest BCUT2D eigenvalue weighted by atomic mass is 10.00. The van der Waals surface area contributed by atoms with Gasteiger partial charge in [0.1, 0.15) is 0 Å². The third-order valence-electron chi connectivity index (χ3n) is 3.81. The van der Waals surface area contributed by atoms with Crippen LogP contribution in [0.1, 0.15) is 24.0 Å². The fourth-order valence-corrected chi connectivity index (χ4v) is 4.68. The molecule has 2 rings (SSSR count). The molecule has 1 fully saturated rings. The second kappa shape index (κ2) is 6.24. The molecule has 1 aliphatic heterocycles. The van der Waals surface area contributed by atoms with Gasteiger partial charge in [-0.1, -0.05) is 6.07 Å². The second-order valence-electron chi connectivity index (χ2n) is 5.75. The number of nitrogens with zero attached hydrogens (tertiary/aromatic N) is 1. The van der Waals surface area contributed by atoms with E-state index in [1.165, 1.54) is 0 Å². The molecule has 1 N–H and O–H groups in total. The average Bonchev–Trinajstić information content (AvgIpc) is 2.38. The van der Waals surface area contributed by atoms with Crippen molar-refractivity contribution < 1.29 is 8.42 Å². The zero-order valence-corrected chi connectivity index (χ0v) is 13.3. The molecule has 20 heavy (non-hydrogen) atoms. The zero-order chi connectivity index (χ0) is 14.8. The van der Waals surface area contributed by atoms with E-state index in [0.717, 1.165) is 30.5 Å². The van der Waals surface area contributed by atoms with Crippen molar-refractivity contribution in [2.45, 2.75) is 31.6 Å². The summed E-state index contributed by atoms with van der Waals surface area (Å²) in [5.74, 6) is 0.412. The van der Waals surface area contributed by atoms with Gasteiger partial charge in [-0.05, 0) is 69.5 Å². The minimum atomic E-state index is -3.35. The highest BCUT2D eigenvalue weighted by Crippen LogP contribution is 2.24. The number of benzene rings is 1. The summed E-state index contributed by atoms with van der Waals surface area (Å²) in [5, 5.41) is 3.15. The van der Waals surface area contributed by atoms with Crippen LogP contribution in [0.25, 0.3) is 0 Å². The van der Waals surface area contributed by atoms with Gasteiger partial charge in [0.2, 0.25) is 10.0 Å². The number of sulfonamides is 1. The summed E-state index contributed by atoms with van der Waals surface area (Å²) < 4.78 is 27.1. The van der Waals surface area contributed by atoms with Crippen molar-refractivity contribution in [2.75, 3.05) is 26.7 Å². The monoisotopic (exact) mass is 296 g/mol. The van der Waals surface area contributed by atoms with Crippen LogP contribution < -0.4 is 5.32 Å². The van der Waals surface area contributed by atoms with E-state index >= 15 is 0 Å². The smallest absolute Gasteiger partial charge is 0.243 e. The van der Waals surface area contributed by atoms with Gasteiger partial charge in [0.25, 0.3) is 0 Å². The molecule has 0 aliphatic carbocycles. The van der Waals surface area contributed by atoms with Gasteiger partial charge >= 0.3 is 0 Å². The lowest BCUT2D eigenvalue weighted by Crippen LogP contribution is -2.42. The first-order valence-corrected chi connectivity index (χ1v) is 8.60. The van der Waals surface area contributed by atoms with Crippen molar-refractivity contribution in [3.05, 3.63) is 29.3 Å². The Labute approximate surface area is 122 Å². The van der Waals surface area contributed by atoms with Crippen molar-refractivity contribution >= 4 is 10.0 Å². The first-order chi connectivity index (χ1) is 9.43. The van der Waals surface area contributed by atoms with Crippen molar-refractivity contribution in [3.8, 4) is 0 Å². The first kappa shape index (κ1) is 15.5. The highest BCUT2D eigenvalue weighted by Gasteiger charge is 2.30. The third-order valence-corrected chi connectivity index (χ3v) is 5.65. The minimum absolute atomic E-state index is 0.412. The number of hydrogen-bond acceptors (Lipinski definition) is 3. The molecular formula is C15H24N2O2S. The zero-order valence-electron chi connectivity index (χ0n) is 12.5. The van der Waals surface area contributed by atoms with Gasteiger partial charge in [0.15, 0.2) is 0 Å². The van der Waals surface area contributed by atoms with Crippen LogP contribution in [-0.2, 0) is 10.0 Å². The van der Waals surface area contributed by atoms with E-state index in [9.17, 15) is 8.42 Å². The quantitative estimate of drug-likeness (QED) is 0.923. The van der Waals surface area contributed by atoms with E-state index in [1.54, 1.807) is 16.4 Å². The Morgan fingerprint density at radius 2 is 1.90 bits per heavy atom. The molecule has 1 aromatic carbocycles. The van der Waals surface area contributed by atoms with E-state index in [1.807, 2.05) is 27.0 Å². The molecule has 0 bridgehead atoms. The van der Waals surface area contributed by atoms with Gasteiger partial charge in [-0.25, -0.2) is 8.42 Å². The van der Waals surface area contributed by atoms with Crippen molar-refractivity contribution in [1.29, 1.82) is 0 Å². The topological polar surface area (TPSA) is 49.4 Å². The molecule has 0 aromatic heterocycles. The van der Waals surface area contributed by atoms with Crippen LogP contribution in [0.4, 0.5) is 0 Å². The predicted octanol–water partition coefficient (Wildman–Crippen LogP) is 1.92. The first-order valence-electron chi connectivity index (χ1n) is 7.16. The molecule has 112 valence electrons. The van der Waals surface area contributed by atoms with Gasteiger partial charge in [-0.2, -0.15) is 4.31 Å². The van der Waals surface area contributed by atoms with Gasteiger partial charge in [-0.3, -0.25) is 0 Å². The maximum Gasteiger partial charge on any atom is 0.243 e. The number of piperidine rings is 1. The summed E-state index contributed by atoms with van der Waals surface area (Å²) in [6.07, 6.45) is 2.04. The summed E-state index contributed by atoms with van der Waals surface area (Å²) >= 11 is 0. The summed E-state index contributed by atoms with van der Waals surface area (Å²) in [6.45, 7) is 6.00. The Morgan fingerprint density at radius 1 is 1.25 bits per heavy atom. The molecule has 4 nitrogen and oxygen atoms in total. The molecule has 1 saturated heterocycles. The fourth-order valence-electron chi connectivity index (χ4n) is 2.93. The highest BCUT2D eigenvalue weighted by atomic mass is 32.2. The Bertz CT molecular complexity index is 547. The molecule has 0 amide bonds. The van der Waals surface area contributed by atoms with Gasteiger partial charge < -0.3 is 5.32 Å². The van der Waals surface area contributed by atoms with E-state index in [0.29, 0.717) is 23.9 Å². The summed E-state index contributed by atoms with van der Waals surface area (Å²) in [4.78, 5) is 0.431. The van der Waals surface area contributed by atoms with Crippen LogP contribution in [0.2, 0.25) is 0 Å². The van der Waals surface area contributed by atoms with Gasteiger partial charge in [0.05, 0.1) is 4.90 Å². The van der Waals surface area contributed by atoms with Crippen LogP contribution in [0.5, 0.6) is 0 Å². The van der Waals surface area contributed by atoms with Crippen LogP contribution in [0, 0.1) is 19.8 Å². The molecule has 1 unspecified atom stereocenters. The summed E-state index contributed by atoms with van der Waals surface area (Å²) in [6, 6.07) is 5.53.